The first-order valence-electron chi connectivity index (χ1n) is 9.02. The molecule has 0 fully saturated rings. The minimum Gasteiger partial charge on any atom is -0.494 e. The number of para-hydroxylation sites is 1. The third kappa shape index (κ3) is 5.89. The topological polar surface area (TPSA) is 51.2 Å². The number of hydrogen-bond donors (Lipinski definition) is 1. The molecule has 0 saturated carbocycles. The van der Waals surface area contributed by atoms with E-state index in [1.807, 2.05) is 43.5 Å². The number of amides is 1. The van der Waals surface area contributed by atoms with Gasteiger partial charge in [-0.25, -0.2) is 4.98 Å². The van der Waals surface area contributed by atoms with E-state index in [2.05, 4.69) is 10.3 Å². The van der Waals surface area contributed by atoms with Crippen molar-refractivity contribution >= 4 is 57.9 Å². The van der Waals surface area contributed by atoms with Gasteiger partial charge < -0.3 is 10.1 Å². The molecule has 1 aromatic heterocycles. The molecule has 3 aromatic rings. The first-order chi connectivity index (χ1) is 14.0. The average molecular weight is 467 g/mol. The molecule has 3 rings (SSSR count). The molecule has 0 saturated heterocycles. The van der Waals surface area contributed by atoms with Crippen molar-refractivity contribution < 1.29 is 9.53 Å². The van der Waals surface area contributed by atoms with Crippen molar-refractivity contribution in [2.24, 2.45) is 0 Å². The first-order valence-corrected chi connectivity index (χ1v) is 11.7. The summed E-state index contributed by atoms with van der Waals surface area (Å²) in [6.07, 6.45) is 0. The maximum absolute atomic E-state index is 12.5. The Kier molecular flexibility index (Phi) is 7.84. The zero-order chi connectivity index (χ0) is 20.8. The van der Waals surface area contributed by atoms with Crippen molar-refractivity contribution in [2.45, 2.75) is 24.9 Å². The van der Waals surface area contributed by atoms with Crippen LogP contribution in [0.3, 0.4) is 0 Å². The van der Waals surface area contributed by atoms with Crippen LogP contribution in [0.25, 0.3) is 10.6 Å². The van der Waals surface area contributed by atoms with Crippen LogP contribution in [0.15, 0.2) is 47.8 Å². The standard InChI is InChI=1S/C21H20Cl2N2O2S2/c1-3-27-16-9-7-14(8-10-16)21-24-15(12-29-21)11-28-13(2)20(26)25-19-17(22)5-4-6-18(19)23/h4-10,12-13H,3,11H2,1-2H3,(H,25,26). The van der Waals surface area contributed by atoms with E-state index in [4.69, 9.17) is 27.9 Å². The van der Waals surface area contributed by atoms with Crippen molar-refractivity contribution in [1.29, 1.82) is 0 Å². The fourth-order valence-electron chi connectivity index (χ4n) is 2.49. The summed E-state index contributed by atoms with van der Waals surface area (Å²) >= 11 is 15.3. The van der Waals surface area contributed by atoms with E-state index in [-0.39, 0.29) is 11.2 Å². The predicted octanol–water partition coefficient (Wildman–Crippen LogP) is 6.78. The number of thioether (sulfide) groups is 1. The summed E-state index contributed by atoms with van der Waals surface area (Å²) in [6.45, 7) is 4.46. The fourth-order valence-corrected chi connectivity index (χ4v) is 4.70. The van der Waals surface area contributed by atoms with Crippen molar-refractivity contribution in [1.82, 2.24) is 4.98 Å². The molecule has 29 heavy (non-hydrogen) atoms. The third-order valence-corrected chi connectivity index (χ3v) is 6.77. The van der Waals surface area contributed by atoms with Crippen LogP contribution < -0.4 is 10.1 Å². The van der Waals surface area contributed by atoms with Gasteiger partial charge in [0.25, 0.3) is 0 Å². The number of carbonyl (C=O) groups is 1. The molecule has 0 bridgehead atoms. The molecule has 0 aliphatic heterocycles. The second-order valence-electron chi connectivity index (χ2n) is 6.14. The molecule has 8 heteroatoms. The van der Waals surface area contributed by atoms with Gasteiger partial charge in [-0.3, -0.25) is 4.79 Å². The van der Waals surface area contributed by atoms with Crippen molar-refractivity contribution in [3.63, 3.8) is 0 Å². The van der Waals surface area contributed by atoms with E-state index >= 15 is 0 Å². The molecular formula is C21H20Cl2N2O2S2. The SMILES string of the molecule is CCOc1ccc(-c2nc(CSC(C)C(=O)Nc3c(Cl)cccc3Cl)cs2)cc1. The Balaban J connectivity index is 1.56. The molecule has 4 nitrogen and oxygen atoms in total. The average Bonchev–Trinajstić information content (AvgIpc) is 3.19. The Hall–Kier alpha value is -1.73. The minimum absolute atomic E-state index is 0.146. The summed E-state index contributed by atoms with van der Waals surface area (Å²) < 4.78 is 5.47. The number of nitrogens with one attached hydrogen (secondary N) is 1. The molecule has 1 unspecified atom stereocenters. The van der Waals surface area contributed by atoms with Crippen LogP contribution in [-0.4, -0.2) is 22.7 Å². The highest BCUT2D eigenvalue weighted by molar-refractivity contribution is 7.99. The number of rotatable bonds is 8. The summed E-state index contributed by atoms with van der Waals surface area (Å²) in [5.74, 6) is 1.34. The van der Waals surface area contributed by atoms with Crippen LogP contribution in [0.2, 0.25) is 10.0 Å². The number of hydrogen-bond acceptors (Lipinski definition) is 5. The highest BCUT2D eigenvalue weighted by Gasteiger charge is 2.17. The van der Waals surface area contributed by atoms with Gasteiger partial charge >= 0.3 is 0 Å². The van der Waals surface area contributed by atoms with Gasteiger partial charge in [-0.15, -0.1) is 23.1 Å². The predicted molar refractivity (Wildman–Crippen MR) is 125 cm³/mol. The van der Waals surface area contributed by atoms with Gasteiger partial charge in [-0.05, 0) is 50.2 Å². The lowest BCUT2D eigenvalue weighted by molar-refractivity contribution is -0.115. The molecule has 1 atom stereocenters. The van der Waals surface area contributed by atoms with Crippen LogP contribution in [0.5, 0.6) is 5.75 Å². The minimum atomic E-state index is -0.280. The number of carbonyl (C=O) groups excluding carboxylic acids is 1. The van der Waals surface area contributed by atoms with Gasteiger partial charge in [0, 0.05) is 16.7 Å². The lowest BCUT2D eigenvalue weighted by Crippen LogP contribution is -2.23. The lowest BCUT2D eigenvalue weighted by Gasteiger charge is -2.13. The van der Waals surface area contributed by atoms with E-state index in [0.29, 0.717) is 28.1 Å². The largest absolute Gasteiger partial charge is 0.494 e. The van der Waals surface area contributed by atoms with Gasteiger partial charge in [-0.1, -0.05) is 29.3 Å². The monoisotopic (exact) mass is 466 g/mol. The molecule has 1 amide bonds. The van der Waals surface area contributed by atoms with E-state index < -0.39 is 0 Å². The lowest BCUT2D eigenvalue weighted by atomic mass is 10.2. The first kappa shape index (κ1) is 22.0. The van der Waals surface area contributed by atoms with Gasteiger partial charge in [0.05, 0.1) is 33.3 Å². The van der Waals surface area contributed by atoms with Crippen LogP contribution in [-0.2, 0) is 10.5 Å². The molecule has 0 radical (unpaired) electrons. The van der Waals surface area contributed by atoms with Crippen LogP contribution in [0, 0.1) is 0 Å². The number of thiazole rings is 1. The Labute approximate surface area is 188 Å². The second-order valence-corrected chi connectivity index (χ2v) is 9.14. The summed E-state index contributed by atoms with van der Waals surface area (Å²) in [4.78, 5) is 17.2. The van der Waals surface area contributed by atoms with Gasteiger partial charge in [0.15, 0.2) is 0 Å². The van der Waals surface area contributed by atoms with E-state index in [1.165, 1.54) is 11.8 Å². The van der Waals surface area contributed by atoms with Crippen LogP contribution in [0.4, 0.5) is 5.69 Å². The number of halogens is 2. The Morgan fingerprint density at radius 1 is 1.21 bits per heavy atom. The molecule has 0 spiro atoms. The summed E-state index contributed by atoms with van der Waals surface area (Å²) in [6, 6.07) is 13.0. The Bertz CT molecular complexity index is 957. The van der Waals surface area contributed by atoms with Gasteiger partial charge in [0.2, 0.25) is 5.91 Å². The van der Waals surface area contributed by atoms with Crippen LogP contribution >= 0.6 is 46.3 Å². The van der Waals surface area contributed by atoms with E-state index in [0.717, 1.165) is 22.0 Å². The highest BCUT2D eigenvalue weighted by Crippen LogP contribution is 2.31. The molecule has 1 heterocycles. The molecular weight excluding hydrogens is 447 g/mol. The van der Waals surface area contributed by atoms with Gasteiger partial charge in [0.1, 0.15) is 10.8 Å². The number of ether oxygens (including phenoxy) is 1. The molecule has 1 N–H and O–H groups in total. The second kappa shape index (κ2) is 10.3. The van der Waals surface area contributed by atoms with Crippen molar-refractivity contribution in [2.75, 3.05) is 11.9 Å². The smallest absolute Gasteiger partial charge is 0.237 e. The molecule has 2 aromatic carbocycles. The molecule has 0 aliphatic carbocycles. The highest BCUT2D eigenvalue weighted by atomic mass is 35.5. The van der Waals surface area contributed by atoms with E-state index in [1.54, 1.807) is 29.5 Å². The summed E-state index contributed by atoms with van der Waals surface area (Å²) in [5, 5.41) is 6.34. The maximum atomic E-state index is 12.5. The molecule has 152 valence electrons. The van der Waals surface area contributed by atoms with Crippen LogP contribution in [0.1, 0.15) is 19.5 Å². The van der Waals surface area contributed by atoms with E-state index in [9.17, 15) is 4.79 Å². The number of anilines is 1. The number of benzene rings is 2. The van der Waals surface area contributed by atoms with Gasteiger partial charge in [-0.2, -0.15) is 0 Å². The number of nitrogens with zero attached hydrogens (tertiary/aromatic N) is 1. The maximum Gasteiger partial charge on any atom is 0.237 e. The zero-order valence-electron chi connectivity index (χ0n) is 15.9. The summed E-state index contributed by atoms with van der Waals surface area (Å²) in [7, 11) is 0. The Morgan fingerprint density at radius 3 is 2.55 bits per heavy atom. The Morgan fingerprint density at radius 2 is 1.90 bits per heavy atom. The normalized spacial score (nSPS) is 11.9. The summed E-state index contributed by atoms with van der Waals surface area (Å²) in [5.41, 5.74) is 2.44. The van der Waals surface area contributed by atoms with Crippen molar-refractivity contribution in [3.05, 3.63) is 63.6 Å². The molecule has 0 aliphatic rings. The third-order valence-electron chi connectivity index (χ3n) is 4.03. The fraction of sp³-hybridized carbons (Fsp3) is 0.238. The quantitative estimate of drug-likeness (QED) is 0.397. The van der Waals surface area contributed by atoms with Crippen molar-refractivity contribution in [3.8, 4) is 16.3 Å². The zero-order valence-corrected chi connectivity index (χ0v) is 19.1. The number of aromatic nitrogens is 1.